The molecule has 3 atom stereocenters. The molecule has 0 aromatic heterocycles. The van der Waals surface area contributed by atoms with Gasteiger partial charge >= 0.3 is 0 Å². The first kappa shape index (κ1) is 13.5. The molecule has 1 aliphatic carbocycles. The van der Waals surface area contributed by atoms with E-state index in [1.165, 1.54) is 6.42 Å². The smallest absolute Gasteiger partial charge is 0.111 e. The van der Waals surface area contributed by atoms with Gasteiger partial charge in [-0.15, -0.1) is 0 Å². The van der Waals surface area contributed by atoms with E-state index in [0.717, 1.165) is 18.6 Å². The molecule has 2 fully saturated rings. The maximum Gasteiger partial charge on any atom is 0.111 e. The summed E-state index contributed by atoms with van der Waals surface area (Å²) < 4.78 is 15.9. The molecular formula is C13H24O3. The van der Waals surface area contributed by atoms with Crippen LogP contribution >= 0.6 is 0 Å². The maximum atomic E-state index is 5.51. The summed E-state index contributed by atoms with van der Waals surface area (Å²) in [6, 6.07) is 0. The summed E-state index contributed by atoms with van der Waals surface area (Å²) in [5.41, 5.74) is 0. The summed E-state index contributed by atoms with van der Waals surface area (Å²) in [5.74, 6) is 1.41. The van der Waals surface area contributed by atoms with Crippen LogP contribution in [-0.2, 0) is 14.2 Å². The third-order valence-corrected chi connectivity index (χ3v) is 3.03. The fourth-order valence-electron chi connectivity index (χ4n) is 2.07. The van der Waals surface area contributed by atoms with Gasteiger partial charge in [0.2, 0.25) is 0 Å². The van der Waals surface area contributed by atoms with E-state index in [0.29, 0.717) is 31.3 Å². The molecule has 2 rings (SSSR count). The first-order valence-corrected chi connectivity index (χ1v) is 6.27. The molecule has 0 amide bonds. The number of fused-ring (bicyclic) bond motifs is 1. The number of hydrogen-bond acceptors (Lipinski definition) is 3. The van der Waals surface area contributed by atoms with Crippen LogP contribution in [0.1, 0.15) is 33.1 Å². The molecule has 0 aromatic carbocycles. The minimum absolute atomic E-state index is 0.496. The predicted molar refractivity (Wildman–Crippen MR) is 64.3 cm³/mol. The van der Waals surface area contributed by atoms with E-state index < -0.39 is 0 Å². The molecule has 1 saturated heterocycles. The summed E-state index contributed by atoms with van der Waals surface area (Å²) in [6.45, 7) is 9.21. The average molecular weight is 228 g/mol. The number of methoxy groups -OCH3 is 1. The SMILES string of the molecule is C=C(OCCOC)C1CCC2OC2C1.CC. The van der Waals surface area contributed by atoms with Crippen molar-refractivity contribution in [3.05, 3.63) is 12.3 Å². The van der Waals surface area contributed by atoms with Crippen molar-refractivity contribution in [3.63, 3.8) is 0 Å². The summed E-state index contributed by atoms with van der Waals surface area (Å²) in [7, 11) is 1.68. The Labute approximate surface area is 98.8 Å². The molecule has 0 aromatic rings. The lowest BCUT2D eigenvalue weighted by Crippen LogP contribution is -2.17. The van der Waals surface area contributed by atoms with Gasteiger partial charge in [-0.3, -0.25) is 0 Å². The van der Waals surface area contributed by atoms with E-state index in [-0.39, 0.29) is 0 Å². The van der Waals surface area contributed by atoms with Gasteiger partial charge in [0.25, 0.3) is 0 Å². The topological polar surface area (TPSA) is 31.0 Å². The first-order valence-electron chi connectivity index (χ1n) is 6.27. The van der Waals surface area contributed by atoms with Crippen LogP contribution in [0.3, 0.4) is 0 Å². The molecular weight excluding hydrogens is 204 g/mol. The lowest BCUT2D eigenvalue weighted by molar-refractivity contribution is 0.0928. The number of ether oxygens (including phenoxy) is 3. The molecule has 3 unspecified atom stereocenters. The Morgan fingerprint density at radius 2 is 2.00 bits per heavy atom. The van der Waals surface area contributed by atoms with Crippen LogP contribution in [0.15, 0.2) is 12.3 Å². The highest BCUT2D eigenvalue weighted by atomic mass is 16.6. The lowest BCUT2D eigenvalue weighted by atomic mass is 9.88. The second-order valence-corrected chi connectivity index (χ2v) is 4.03. The van der Waals surface area contributed by atoms with Crippen molar-refractivity contribution in [3.8, 4) is 0 Å². The first-order chi connectivity index (χ1) is 7.81. The zero-order valence-electron chi connectivity index (χ0n) is 10.7. The van der Waals surface area contributed by atoms with Gasteiger partial charge in [-0.25, -0.2) is 0 Å². The summed E-state index contributed by atoms with van der Waals surface area (Å²) in [6.07, 6.45) is 4.47. The Bertz CT molecular complexity index is 215. The highest BCUT2D eigenvalue weighted by Gasteiger charge is 2.44. The molecule has 0 spiro atoms. The number of hydrogen-bond donors (Lipinski definition) is 0. The third-order valence-electron chi connectivity index (χ3n) is 3.03. The lowest BCUT2D eigenvalue weighted by Gasteiger charge is -2.21. The van der Waals surface area contributed by atoms with Gasteiger partial charge in [0, 0.05) is 13.0 Å². The van der Waals surface area contributed by atoms with Gasteiger partial charge in [0.05, 0.1) is 24.6 Å². The van der Waals surface area contributed by atoms with Crippen molar-refractivity contribution in [1.82, 2.24) is 0 Å². The monoisotopic (exact) mass is 228 g/mol. The van der Waals surface area contributed by atoms with E-state index in [1.807, 2.05) is 13.8 Å². The highest BCUT2D eigenvalue weighted by Crippen LogP contribution is 2.41. The van der Waals surface area contributed by atoms with Gasteiger partial charge in [0.15, 0.2) is 0 Å². The van der Waals surface area contributed by atoms with E-state index in [9.17, 15) is 0 Å². The third kappa shape index (κ3) is 3.80. The number of rotatable bonds is 5. The molecule has 3 heteroatoms. The molecule has 0 N–H and O–H groups in total. The van der Waals surface area contributed by atoms with Crippen molar-refractivity contribution < 1.29 is 14.2 Å². The normalized spacial score (nSPS) is 30.8. The summed E-state index contributed by atoms with van der Waals surface area (Å²) in [4.78, 5) is 0. The van der Waals surface area contributed by atoms with E-state index in [1.54, 1.807) is 7.11 Å². The zero-order valence-corrected chi connectivity index (χ0v) is 10.7. The summed E-state index contributed by atoms with van der Waals surface area (Å²) in [5, 5.41) is 0. The van der Waals surface area contributed by atoms with Crippen molar-refractivity contribution >= 4 is 0 Å². The standard InChI is InChI=1S/C11H18O3.C2H6/c1-8(13-6-5-12-2)9-3-4-10-11(7-9)14-10;1-2/h9-11H,1,3-7H2,2H3;1-2H3. The highest BCUT2D eigenvalue weighted by molar-refractivity contribution is 5.01. The Kier molecular flexibility index (Phi) is 5.85. The van der Waals surface area contributed by atoms with Gasteiger partial charge in [-0.1, -0.05) is 20.4 Å². The predicted octanol–water partition coefficient (Wildman–Crippen LogP) is 2.76. The summed E-state index contributed by atoms with van der Waals surface area (Å²) >= 11 is 0. The molecule has 0 radical (unpaired) electrons. The number of allylic oxidation sites excluding steroid dienone is 1. The molecule has 2 aliphatic rings. The second-order valence-electron chi connectivity index (χ2n) is 4.03. The molecule has 1 heterocycles. The van der Waals surface area contributed by atoms with Crippen LogP contribution in [0.5, 0.6) is 0 Å². The van der Waals surface area contributed by atoms with Crippen molar-refractivity contribution in [1.29, 1.82) is 0 Å². The minimum Gasteiger partial charge on any atom is -0.496 e. The van der Waals surface area contributed by atoms with E-state index in [2.05, 4.69) is 6.58 Å². The molecule has 3 nitrogen and oxygen atoms in total. The zero-order chi connectivity index (χ0) is 12.0. The average Bonchev–Trinajstić information content (AvgIpc) is 3.09. The van der Waals surface area contributed by atoms with Gasteiger partial charge < -0.3 is 14.2 Å². The second kappa shape index (κ2) is 6.92. The van der Waals surface area contributed by atoms with Crippen LogP contribution in [0.25, 0.3) is 0 Å². The van der Waals surface area contributed by atoms with E-state index >= 15 is 0 Å². The Morgan fingerprint density at radius 3 is 2.62 bits per heavy atom. The quantitative estimate of drug-likeness (QED) is 0.412. The molecule has 16 heavy (non-hydrogen) atoms. The molecule has 1 aliphatic heterocycles. The van der Waals surface area contributed by atoms with Crippen molar-refractivity contribution in [2.75, 3.05) is 20.3 Å². The van der Waals surface area contributed by atoms with E-state index in [4.69, 9.17) is 14.2 Å². The van der Waals surface area contributed by atoms with Crippen LogP contribution < -0.4 is 0 Å². The fourth-order valence-corrected chi connectivity index (χ4v) is 2.07. The van der Waals surface area contributed by atoms with Crippen LogP contribution in [0.2, 0.25) is 0 Å². The molecule has 94 valence electrons. The Morgan fingerprint density at radius 1 is 1.25 bits per heavy atom. The fraction of sp³-hybridized carbons (Fsp3) is 0.846. The molecule has 1 saturated carbocycles. The van der Waals surface area contributed by atoms with Crippen molar-refractivity contribution in [2.45, 2.75) is 45.3 Å². The van der Waals surface area contributed by atoms with Crippen LogP contribution in [-0.4, -0.2) is 32.5 Å². The van der Waals surface area contributed by atoms with Crippen LogP contribution in [0.4, 0.5) is 0 Å². The van der Waals surface area contributed by atoms with Gasteiger partial charge in [-0.2, -0.15) is 0 Å². The number of epoxide rings is 1. The van der Waals surface area contributed by atoms with Gasteiger partial charge in [0.1, 0.15) is 6.61 Å². The largest absolute Gasteiger partial charge is 0.496 e. The molecule has 0 bridgehead atoms. The Balaban J connectivity index is 0.000000606. The Hall–Kier alpha value is -0.540. The van der Waals surface area contributed by atoms with Gasteiger partial charge in [-0.05, 0) is 19.3 Å². The van der Waals surface area contributed by atoms with Crippen LogP contribution in [0, 0.1) is 5.92 Å². The van der Waals surface area contributed by atoms with Crippen molar-refractivity contribution in [2.24, 2.45) is 5.92 Å². The minimum atomic E-state index is 0.496. The maximum absolute atomic E-state index is 5.51.